The first kappa shape index (κ1) is 14.3. The zero-order valence-electron chi connectivity index (χ0n) is 8.84. The van der Waals surface area contributed by atoms with Gasteiger partial charge in [-0.25, -0.2) is 18.6 Å². The highest BCUT2D eigenvalue weighted by Gasteiger charge is 2.21. The zero-order valence-corrected chi connectivity index (χ0v) is 11.2. The highest BCUT2D eigenvalue weighted by Crippen LogP contribution is 2.27. The minimum absolute atomic E-state index is 0.0180. The van der Waals surface area contributed by atoms with Crippen LogP contribution in [0, 0.1) is 0 Å². The molecule has 1 rings (SSSR count). The molecule has 0 unspecified atom stereocenters. The van der Waals surface area contributed by atoms with E-state index < -0.39 is 18.1 Å². The first-order chi connectivity index (χ1) is 8.01. The maximum Gasteiger partial charge on any atom is 0.341 e. The molecule has 17 heavy (non-hydrogen) atoms. The Kier molecular flexibility index (Phi) is 5.27. The zero-order chi connectivity index (χ0) is 13.0. The summed E-state index contributed by atoms with van der Waals surface area (Å²) in [6.07, 6.45) is -2.72. The molecule has 94 valence electrons. The Morgan fingerprint density at radius 3 is 2.76 bits per heavy atom. The lowest BCUT2D eigenvalue weighted by Gasteiger charge is -2.10. The number of carbonyl (C=O) groups is 1. The van der Waals surface area contributed by atoms with Crippen LogP contribution in [0.15, 0.2) is 10.7 Å². The summed E-state index contributed by atoms with van der Waals surface area (Å²) in [5.74, 6) is -0.710. The van der Waals surface area contributed by atoms with E-state index in [1.54, 1.807) is 6.92 Å². The molecule has 0 bridgehead atoms. The van der Waals surface area contributed by atoms with E-state index in [0.717, 1.165) is 6.07 Å². The number of alkyl halides is 3. The Labute approximate surface area is 110 Å². The van der Waals surface area contributed by atoms with Crippen molar-refractivity contribution in [2.75, 3.05) is 6.61 Å². The van der Waals surface area contributed by atoms with E-state index in [4.69, 9.17) is 16.3 Å². The summed E-state index contributed by atoms with van der Waals surface area (Å²) in [6.45, 7) is 1.83. The summed E-state index contributed by atoms with van der Waals surface area (Å²) in [5, 5.41) is 0. The second kappa shape index (κ2) is 6.26. The predicted molar refractivity (Wildman–Crippen MR) is 62.4 cm³/mol. The number of aromatic nitrogens is 1. The second-order valence-corrected chi connectivity index (χ2v) is 4.05. The first-order valence-corrected chi connectivity index (χ1v) is 6.04. The molecule has 1 heterocycles. The lowest BCUT2D eigenvalue weighted by molar-refractivity contribution is 0.0523. The Morgan fingerprint density at radius 1 is 1.65 bits per heavy atom. The normalized spacial score (nSPS) is 10.7. The standard InChI is InChI=1S/C10H9BrClF2NO2/c1-2-17-10(16)7-5(4-12)3-6(9(13)14)15-8(7)11/h3,9H,2,4H2,1H3. The Balaban J connectivity index is 3.25. The minimum Gasteiger partial charge on any atom is -0.462 e. The number of pyridine rings is 1. The summed E-state index contributed by atoms with van der Waals surface area (Å²) >= 11 is 8.60. The molecule has 0 saturated heterocycles. The molecule has 0 atom stereocenters. The van der Waals surface area contributed by atoms with E-state index in [9.17, 15) is 13.6 Å². The van der Waals surface area contributed by atoms with Crippen LogP contribution in [0.2, 0.25) is 0 Å². The fourth-order valence-electron chi connectivity index (χ4n) is 1.22. The number of hydrogen-bond acceptors (Lipinski definition) is 3. The lowest BCUT2D eigenvalue weighted by atomic mass is 10.1. The molecule has 0 N–H and O–H groups in total. The number of hydrogen-bond donors (Lipinski definition) is 0. The predicted octanol–water partition coefficient (Wildman–Crippen LogP) is 3.70. The van der Waals surface area contributed by atoms with E-state index in [0.29, 0.717) is 0 Å². The fraction of sp³-hybridized carbons (Fsp3) is 0.400. The number of ether oxygens (including phenoxy) is 1. The maximum atomic E-state index is 12.5. The molecule has 0 aromatic carbocycles. The average molecular weight is 329 g/mol. The molecule has 1 aromatic heterocycles. The van der Waals surface area contributed by atoms with Gasteiger partial charge in [-0.3, -0.25) is 0 Å². The first-order valence-electron chi connectivity index (χ1n) is 4.71. The number of halogens is 4. The second-order valence-electron chi connectivity index (χ2n) is 3.03. The van der Waals surface area contributed by atoms with E-state index in [1.807, 2.05) is 0 Å². The quantitative estimate of drug-likeness (QED) is 0.481. The number of carbonyl (C=O) groups excluding carboxylic acids is 1. The Morgan fingerprint density at radius 2 is 2.29 bits per heavy atom. The van der Waals surface area contributed by atoms with Crippen molar-refractivity contribution >= 4 is 33.5 Å². The lowest BCUT2D eigenvalue weighted by Crippen LogP contribution is -2.11. The van der Waals surface area contributed by atoms with Gasteiger partial charge in [-0.15, -0.1) is 11.6 Å². The number of esters is 1. The van der Waals surface area contributed by atoms with E-state index in [2.05, 4.69) is 20.9 Å². The van der Waals surface area contributed by atoms with Crippen molar-refractivity contribution < 1.29 is 18.3 Å². The summed E-state index contributed by atoms with van der Waals surface area (Å²) < 4.78 is 29.8. The van der Waals surface area contributed by atoms with Crippen LogP contribution in [-0.4, -0.2) is 17.6 Å². The summed E-state index contributed by atoms with van der Waals surface area (Å²) in [7, 11) is 0. The third-order valence-electron chi connectivity index (χ3n) is 1.92. The van der Waals surface area contributed by atoms with Gasteiger partial charge in [-0.05, 0) is 34.5 Å². The van der Waals surface area contributed by atoms with Crippen LogP contribution < -0.4 is 0 Å². The third kappa shape index (κ3) is 3.35. The van der Waals surface area contributed by atoms with Gasteiger partial charge in [0.1, 0.15) is 10.3 Å². The van der Waals surface area contributed by atoms with Crippen LogP contribution >= 0.6 is 27.5 Å². The summed E-state index contributed by atoms with van der Waals surface area (Å²) in [5.41, 5.74) is -0.0749. The molecule has 0 radical (unpaired) electrons. The molecular weight excluding hydrogens is 319 g/mol. The van der Waals surface area contributed by atoms with Crippen molar-refractivity contribution in [2.24, 2.45) is 0 Å². The molecule has 0 spiro atoms. The monoisotopic (exact) mass is 327 g/mol. The van der Waals surface area contributed by atoms with Gasteiger partial charge in [-0.2, -0.15) is 0 Å². The molecule has 0 aliphatic rings. The topological polar surface area (TPSA) is 39.2 Å². The van der Waals surface area contributed by atoms with Crippen molar-refractivity contribution in [2.45, 2.75) is 19.2 Å². The molecule has 1 aromatic rings. The fourth-order valence-corrected chi connectivity index (χ4v) is 2.05. The third-order valence-corrected chi connectivity index (χ3v) is 2.79. The number of rotatable bonds is 4. The number of nitrogens with zero attached hydrogens (tertiary/aromatic N) is 1. The van der Waals surface area contributed by atoms with Crippen LogP contribution in [0.25, 0.3) is 0 Å². The van der Waals surface area contributed by atoms with Crippen molar-refractivity contribution in [3.05, 3.63) is 27.5 Å². The van der Waals surface area contributed by atoms with Crippen LogP contribution in [0.4, 0.5) is 8.78 Å². The van der Waals surface area contributed by atoms with Crippen LogP contribution in [-0.2, 0) is 10.6 Å². The van der Waals surface area contributed by atoms with E-state index in [-0.39, 0.29) is 28.2 Å². The van der Waals surface area contributed by atoms with Gasteiger partial charge in [0.2, 0.25) is 0 Å². The van der Waals surface area contributed by atoms with E-state index in [1.165, 1.54) is 0 Å². The van der Waals surface area contributed by atoms with Crippen LogP contribution in [0.5, 0.6) is 0 Å². The van der Waals surface area contributed by atoms with Gasteiger partial charge in [0.25, 0.3) is 6.43 Å². The Hall–Kier alpha value is -0.750. The van der Waals surface area contributed by atoms with Crippen LogP contribution in [0.1, 0.15) is 35.0 Å². The van der Waals surface area contributed by atoms with Crippen molar-refractivity contribution in [1.29, 1.82) is 0 Å². The SMILES string of the molecule is CCOC(=O)c1c(CCl)cc(C(F)F)nc1Br. The molecule has 0 aliphatic heterocycles. The molecule has 7 heteroatoms. The van der Waals surface area contributed by atoms with Crippen molar-refractivity contribution in [3.63, 3.8) is 0 Å². The maximum absolute atomic E-state index is 12.5. The summed E-state index contributed by atoms with van der Waals surface area (Å²) in [6, 6.07) is 1.11. The van der Waals surface area contributed by atoms with Crippen molar-refractivity contribution in [1.82, 2.24) is 4.98 Å². The molecule has 0 saturated carbocycles. The van der Waals surface area contributed by atoms with Gasteiger partial charge in [0.05, 0.1) is 12.2 Å². The molecule has 0 amide bonds. The van der Waals surface area contributed by atoms with Gasteiger partial charge >= 0.3 is 5.97 Å². The highest BCUT2D eigenvalue weighted by atomic mass is 79.9. The minimum atomic E-state index is -2.72. The van der Waals surface area contributed by atoms with Crippen LogP contribution in [0.3, 0.4) is 0 Å². The molecule has 3 nitrogen and oxygen atoms in total. The smallest absolute Gasteiger partial charge is 0.341 e. The summed E-state index contributed by atoms with van der Waals surface area (Å²) in [4.78, 5) is 15.2. The van der Waals surface area contributed by atoms with Crippen molar-refractivity contribution in [3.8, 4) is 0 Å². The molecular formula is C10H9BrClF2NO2. The molecule has 0 aliphatic carbocycles. The van der Waals surface area contributed by atoms with Gasteiger partial charge < -0.3 is 4.74 Å². The molecule has 0 fully saturated rings. The van der Waals surface area contributed by atoms with E-state index >= 15 is 0 Å². The van der Waals surface area contributed by atoms with Gasteiger partial charge in [0, 0.05) is 5.88 Å². The Bertz CT molecular complexity index is 429. The highest BCUT2D eigenvalue weighted by molar-refractivity contribution is 9.10. The van der Waals surface area contributed by atoms with Gasteiger partial charge in [-0.1, -0.05) is 0 Å². The largest absolute Gasteiger partial charge is 0.462 e. The average Bonchev–Trinajstić information content (AvgIpc) is 2.27. The van der Waals surface area contributed by atoms with Gasteiger partial charge in [0.15, 0.2) is 0 Å².